The number of aryl methyl sites for hydroxylation is 1. The maximum atomic E-state index is 12.1. The molecule has 0 unspecified atom stereocenters. The molecule has 0 atom stereocenters. The van der Waals surface area contributed by atoms with Gasteiger partial charge in [-0.25, -0.2) is 0 Å². The number of piperazine rings is 1. The lowest BCUT2D eigenvalue weighted by Crippen LogP contribution is -3.14. The van der Waals surface area contributed by atoms with Crippen molar-refractivity contribution in [3.63, 3.8) is 0 Å². The Hall–Kier alpha value is -2.53. The Morgan fingerprint density at radius 3 is 2.35 bits per heavy atom. The number of anilines is 2. The molecule has 26 heavy (non-hydrogen) atoms. The first kappa shape index (κ1) is 18.3. The second-order valence-corrected chi connectivity index (χ2v) is 6.79. The number of nitrogens with zero attached hydrogens (tertiary/aromatic N) is 1. The van der Waals surface area contributed by atoms with Gasteiger partial charge in [0, 0.05) is 11.4 Å². The fourth-order valence-corrected chi connectivity index (χ4v) is 3.17. The smallest absolute Gasteiger partial charge is 0.262 e. The monoisotopic (exact) mass is 354 g/mol. The molecule has 0 bridgehead atoms. The molecule has 5 nitrogen and oxygen atoms in total. The summed E-state index contributed by atoms with van der Waals surface area (Å²) < 4.78 is 5.51. The van der Waals surface area contributed by atoms with E-state index in [9.17, 15) is 4.79 Å². The van der Waals surface area contributed by atoms with E-state index in [1.807, 2.05) is 43.3 Å². The van der Waals surface area contributed by atoms with Crippen molar-refractivity contribution in [2.24, 2.45) is 0 Å². The number of ether oxygens (including phenoxy) is 1. The summed E-state index contributed by atoms with van der Waals surface area (Å²) in [5.74, 6) is 0.549. The SMILES string of the molecule is CC[NH+]1CCN(c2ccc(NC(=O)COc3ccc(C)cc3)cc2)CC1. The van der Waals surface area contributed by atoms with Crippen LogP contribution >= 0.6 is 0 Å². The van der Waals surface area contributed by atoms with E-state index in [2.05, 4.69) is 29.3 Å². The first-order valence-electron chi connectivity index (χ1n) is 9.32. The van der Waals surface area contributed by atoms with Crippen LogP contribution in [0.25, 0.3) is 0 Å². The van der Waals surface area contributed by atoms with Crippen LogP contribution in [-0.2, 0) is 4.79 Å². The van der Waals surface area contributed by atoms with Crippen molar-refractivity contribution in [2.45, 2.75) is 13.8 Å². The molecule has 0 aliphatic carbocycles. The van der Waals surface area contributed by atoms with Crippen LogP contribution < -0.4 is 19.9 Å². The number of nitrogens with one attached hydrogen (secondary N) is 2. The molecule has 0 spiro atoms. The third kappa shape index (κ3) is 4.99. The van der Waals surface area contributed by atoms with E-state index in [0.29, 0.717) is 5.75 Å². The van der Waals surface area contributed by atoms with Gasteiger partial charge in [-0.15, -0.1) is 0 Å². The molecular formula is C21H28N3O2+. The Balaban J connectivity index is 1.47. The van der Waals surface area contributed by atoms with E-state index in [-0.39, 0.29) is 12.5 Å². The first-order valence-corrected chi connectivity index (χ1v) is 9.32. The zero-order valence-corrected chi connectivity index (χ0v) is 15.6. The molecule has 1 amide bonds. The highest BCUT2D eigenvalue weighted by atomic mass is 16.5. The fourth-order valence-electron chi connectivity index (χ4n) is 3.17. The highest BCUT2D eigenvalue weighted by molar-refractivity contribution is 5.92. The summed E-state index contributed by atoms with van der Waals surface area (Å²) in [6.07, 6.45) is 0. The Labute approximate surface area is 155 Å². The number of carbonyl (C=O) groups excluding carboxylic acids is 1. The standard InChI is InChI=1S/C21H27N3O2/c1-3-23-12-14-24(15-13-23)19-8-6-18(7-9-19)22-21(25)16-26-20-10-4-17(2)5-11-20/h4-11H,3,12-16H2,1-2H3,(H,22,25)/p+1. The summed E-state index contributed by atoms with van der Waals surface area (Å²) in [7, 11) is 0. The molecule has 1 fully saturated rings. The number of hydrogen-bond donors (Lipinski definition) is 2. The maximum absolute atomic E-state index is 12.1. The Morgan fingerprint density at radius 2 is 1.73 bits per heavy atom. The highest BCUT2D eigenvalue weighted by Crippen LogP contribution is 2.18. The van der Waals surface area contributed by atoms with Crippen LogP contribution in [0, 0.1) is 6.92 Å². The molecule has 2 aromatic carbocycles. The number of likely N-dealkylation sites (N-methyl/N-ethyl adjacent to an activating group) is 1. The predicted molar refractivity (Wildman–Crippen MR) is 105 cm³/mol. The van der Waals surface area contributed by atoms with Gasteiger partial charge in [0.15, 0.2) is 6.61 Å². The van der Waals surface area contributed by atoms with Crippen molar-refractivity contribution >= 4 is 17.3 Å². The number of quaternary nitrogens is 1. The van der Waals surface area contributed by atoms with Gasteiger partial charge in [0.25, 0.3) is 5.91 Å². The molecule has 3 rings (SSSR count). The minimum atomic E-state index is -0.154. The summed E-state index contributed by atoms with van der Waals surface area (Å²) in [6.45, 7) is 10.0. The van der Waals surface area contributed by atoms with E-state index in [0.717, 1.165) is 18.8 Å². The Morgan fingerprint density at radius 1 is 1.08 bits per heavy atom. The average Bonchev–Trinajstić information content (AvgIpc) is 2.68. The molecule has 2 aromatic rings. The molecule has 0 aromatic heterocycles. The van der Waals surface area contributed by atoms with E-state index in [1.165, 1.54) is 30.9 Å². The van der Waals surface area contributed by atoms with Crippen molar-refractivity contribution < 1.29 is 14.4 Å². The van der Waals surface area contributed by atoms with Crippen molar-refractivity contribution in [2.75, 3.05) is 49.5 Å². The van der Waals surface area contributed by atoms with E-state index in [4.69, 9.17) is 4.74 Å². The number of amides is 1. The molecule has 0 saturated carbocycles. The van der Waals surface area contributed by atoms with Gasteiger partial charge in [0.05, 0.1) is 32.7 Å². The quantitative estimate of drug-likeness (QED) is 0.831. The molecule has 1 heterocycles. The Kier molecular flexibility index (Phi) is 6.12. The average molecular weight is 354 g/mol. The van der Waals surface area contributed by atoms with Crippen LogP contribution in [-0.4, -0.2) is 45.2 Å². The van der Waals surface area contributed by atoms with Crippen LogP contribution in [0.15, 0.2) is 48.5 Å². The first-order chi connectivity index (χ1) is 12.6. The zero-order chi connectivity index (χ0) is 18.4. The minimum absolute atomic E-state index is 0.00651. The predicted octanol–water partition coefficient (Wildman–Crippen LogP) is 1.74. The summed E-state index contributed by atoms with van der Waals surface area (Å²) in [5, 5.41) is 2.88. The summed E-state index contributed by atoms with van der Waals surface area (Å²) in [6, 6.07) is 15.7. The molecule has 2 N–H and O–H groups in total. The molecule has 1 aliphatic rings. The lowest BCUT2D eigenvalue weighted by atomic mass is 10.2. The second-order valence-electron chi connectivity index (χ2n) is 6.79. The van der Waals surface area contributed by atoms with Crippen molar-refractivity contribution in [3.05, 3.63) is 54.1 Å². The van der Waals surface area contributed by atoms with Gasteiger partial charge in [-0.3, -0.25) is 4.79 Å². The third-order valence-electron chi connectivity index (χ3n) is 4.88. The van der Waals surface area contributed by atoms with Crippen molar-refractivity contribution in [1.29, 1.82) is 0 Å². The minimum Gasteiger partial charge on any atom is -0.484 e. The van der Waals surface area contributed by atoms with E-state index in [1.54, 1.807) is 4.90 Å². The van der Waals surface area contributed by atoms with Gasteiger partial charge in [0.1, 0.15) is 5.75 Å². The summed E-state index contributed by atoms with van der Waals surface area (Å²) in [5.41, 5.74) is 3.18. The molecule has 1 aliphatic heterocycles. The van der Waals surface area contributed by atoms with Gasteiger partial charge < -0.3 is 19.9 Å². The molecule has 5 heteroatoms. The number of hydrogen-bond acceptors (Lipinski definition) is 3. The van der Waals surface area contributed by atoms with Crippen molar-refractivity contribution in [3.8, 4) is 5.75 Å². The summed E-state index contributed by atoms with van der Waals surface area (Å²) in [4.78, 5) is 16.1. The van der Waals surface area contributed by atoms with Crippen LogP contribution in [0.1, 0.15) is 12.5 Å². The van der Waals surface area contributed by atoms with Gasteiger partial charge in [0.2, 0.25) is 0 Å². The normalized spacial score (nSPS) is 14.9. The van der Waals surface area contributed by atoms with Gasteiger partial charge in [-0.05, 0) is 50.2 Å². The van der Waals surface area contributed by atoms with E-state index >= 15 is 0 Å². The molecule has 138 valence electrons. The van der Waals surface area contributed by atoms with Crippen LogP contribution in [0.4, 0.5) is 11.4 Å². The molecule has 0 radical (unpaired) electrons. The zero-order valence-electron chi connectivity index (χ0n) is 15.6. The largest absolute Gasteiger partial charge is 0.484 e. The molecule has 1 saturated heterocycles. The van der Waals surface area contributed by atoms with E-state index < -0.39 is 0 Å². The lowest BCUT2D eigenvalue weighted by molar-refractivity contribution is -0.898. The van der Waals surface area contributed by atoms with Crippen molar-refractivity contribution in [1.82, 2.24) is 0 Å². The third-order valence-corrected chi connectivity index (χ3v) is 4.88. The lowest BCUT2D eigenvalue weighted by Gasteiger charge is -2.33. The van der Waals surface area contributed by atoms with Gasteiger partial charge >= 0.3 is 0 Å². The summed E-state index contributed by atoms with van der Waals surface area (Å²) >= 11 is 0. The van der Waals surface area contributed by atoms with Crippen LogP contribution in [0.5, 0.6) is 5.75 Å². The highest BCUT2D eigenvalue weighted by Gasteiger charge is 2.18. The van der Waals surface area contributed by atoms with Gasteiger partial charge in [-0.2, -0.15) is 0 Å². The number of carbonyl (C=O) groups is 1. The number of rotatable bonds is 6. The molecular weight excluding hydrogens is 326 g/mol. The van der Waals surface area contributed by atoms with Gasteiger partial charge in [-0.1, -0.05) is 17.7 Å². The maximum Gasteiger partial charge on any atom is 0.262 e. The Bertz CT molecular complexity index is 705. The fraction of sp³-hybridized carbons (Fsp3) is 0.381. The van der Waals surface area contributed by atoms with Crippen LogP contribution in [0.3, 0.4) is 0 Å². The second kappa shape index (κ2) is 8.72. The van der Waals surface area contributed by atoms with Crippen LogP contribution in [0.2, 0.25) is 0 Å². The topological polar surface area (TPSA) is 46.0 Å². The number of benzene rings is 2.